The molecule has 0 atom stereocenters. The van der Waals surface area contributed by atoms with Crippen molar-refractivity contribution >= 4 is 34.8 Å². The van der Waals surface area contributed by atoms with E-state index in [1.165, 1.54) is 24.4 Å². The van der Waals surface area contributed by atoms with Crippen LogP contribution in [-0.4, -0.2) is 52.8 Å². The molecule has 1 aliphatic heterocycles. The predicted molar refractivity (Wildman–Crippen MR) is 113 cm³/mol. The van der Waals surface area contributed by atoms with Crippen molar-refractivity contribution in [3.05, 3.63) is 70.8 Å². The number of anilines is 2. The Labute approximate surface area is 182 Å². The normalized spacial score (nSPS) is 13.8. The molecule has 0 unspecified atom stereocenters. The number of aromatic nitrogens is 2. The standard InChI is InChI=1S/C21H19ClFN5O3/c22-15-2-1-3-16(23)19(15)28-12-17(18(26-28)20(24)29)25-14-6-4-13(5-7-14)21(30)27-8-10-31-11-9-27/h1-7,12,25H,8-11H2,(H2,24,29). The van der Waals surface area contributed by atoms with Crippen molar-refractivity contribution in [1.29, 1.82) is 0 Å². The van der Waals surface area contributed by atoms with E-state index < -0.39 is 11.7 Å². The van der Waals surface area contributed by atoms with Crippen molar-refractivity contribution in [2.24, 2.45) is 5.73 Å². The highest BCUT2D eigenvalue weighted by atomic mass is 35.5. The first-order valence-electron chi connectivity index (χ1n) is 9.52. The van der Waals surface area contributed by atoms with Gasteiger partial charge in [-0.2, -0.15) is 5.10 Å². The number of nitrogens with one attached hydrogen (secondary N) is 1. The van der Waals surface area contributed by atoms with Gasteiger partial charge in [0, 0.05) is 24.3 Å². The molecule has 0 saturated carbocycles. The summed E-state index contributed by atoms with van der Waals surface area (Å²) in [7, 11) is 0. The first-order chi connectivity index (χ1) is 14.9. The Morgan fingerprint density at radius 1 is 1.13 bits per heavy atom. The minimum absolute atomic E-state index is 0.00572. The van der Waals surface area contributed by atoms with Gasteiger partial charge in [0.2, 0.25) is 0 Å². The van der Waals surface area contributed by atoms with E-state index in [1.807, 2.05) is 0 Å². The number of carbonyl (C=O) groups is 2. The van der Waals surface area contributed by atoms with Crippen LogP contribution in [0.4, 0.5) is 15.8 Å². The van der Waals surface area contributed by atoms with Crippen LogP contribution in [0.15, 0.2) is 48.7 Å². The molecular weight excluding hydrogens is 425 g/mol. The van der Waals surface area contributed by atoms with Gasteiger partial charge >= 0.3 is 0 Å². The molecule has 31 heavy (non-hydrogen) atoms. The third-order valence-corrected chi connectivity index (χ3v) is 5.13. The van der Waals surface area contributed by atoms with Crippen LogP contribution in [0.3, 0.4) is 0 Å². The second-order valence-corrected chi connectivity index (χ2v) is 7.28. The largest absolute Gasteiger partial charge is 0.378 e. The Morgan fingerprint density at radius 2 is 1.84 bits per heavy atom. The number of nitrogens with zero attached hydrogens (tertiary/aromatic N) is 3. The Kier molecular flexibility index (Phi) is 5.88. The molecule has 3 N–H and O–H groups in total. The molecule has 3 aromatic rings. The molecule has 2 aromatic carbocycles. The van der Waals surface area contributed by atoms with Crippen molar-refractivity contribution in [2.75, 3.05) is 31.6 Å². The summed E-state index contributed by atoms with van der Waals surface area (Å²) in [4.78, 5) is 26.2. The number of hydrogen-bond donors (Lipinski definition) is 2. The van der Waals surface area contributed by atoms with E-state index in [-0.39, 0.29) is 28.0 Å². The summed E-state index contributed by atoms with van der Waals surface area (Å²) < 4.78 is 20.7. The van der Waals surface area contributed by atoms with Gasteiger partial charge in [0.15, 0.2) is 5.69 Å². The van der Waals surface area contributed by atoms with E-state index in [1.54, 1.807) is 29.2 Å². The Morgan fingerprint density at radius 3 is 2.48 bits per heavy atom. The summed E-state index contributed by atoms with van der Waals surface area (Å²) >= 11 is 6.10. The summed E-state index contributed by atoms with van der Waals surface area (Å²) in [6.45, 7) is 2.16. The monoisotopic (exact) mass is 443 g/mol. The lowest BCUT2D eigenvalue weighted by Crippen LogP contribution is -2.40. The third kappa shape index (κ3) is 4.37. The number of primary amides is 1. The topological polar surface area (TPSA) is 102 Å². The molecule has 1 fully saturated rings. The van der Waals surface area contributed by atoms with Crippen LogP contribution in [0.1, 0.15) is 20.8 Å². The van der Waals surface area contributed by atoms with Gasteiger partial charge in [-0.25, -0.2) is 9.07 Å². The summed E-state index contributed by atoms with van der Waals surface area (Å²) in [5.41, 5.74) is 6.78. The smallest absolute Gasteiger partial charge is 0.271 e. The van der Waals surface area contributed by atoms with E-state index in [2.05, 4.69) is 10.4 Å². The summed E-state index contributed by atoms with van der Waals surface area (Å²) in [5, 5.41) is 7.26. The minimum Gasteiger partial charge on any atom is -0.378 e. The van der Waals surface area contributed by atoms with Gasteiger partial charge in [-0.1, -0.05) is 17.7 Å². The highest BCUT2D eigenvalue weighted by molar-refractivity contribution is 6.32. The van der Waals surface area contributed by atoms with Crippen LogP contribution in [0.2, 0.25) is 5.02 Å². The van der Waals surface area contributed by atoms with Crippen LogP contribution in [0.25, 0.3) is 5.69 Å². The van der Waals surface area contributed by atoms with Crippen molar-refractivity contribution in [3.63, 3.8) is 0 Å². The number of carbonyl (C=O) groups excluding carboxylic acids is 2. The number of nitrogens with two attached hydrogens (primary N) is 1. The number of amides is 2. The van der Waals surface area contributed by atoms with Gasteiger partial charge in [-0.05, 0) is 36.4 Å². The Balaban J connectivity index is 1.58. The summed E-state index contributed by atoms with van der Waals surface area (Å²) in [6.07, 6.45) is 1.43. The van der Waals surface area contributed by atoms with Crippen molar-refractivity contribution < 1.29 is 18.7 Å². The predicted octanol–water partition coefficient (Wildman–Crippen LogP) is 2.98. The van der Waals surface area contributed by atoms with Gasteiger partial charge in [0.25, 0.3) is 11.8 Å². The fraction of sp³-hybridized carbons (Fsp3) is 0.190. The second kappa shape index (κ2) is 8.75. The number of para-hydroxylation sites is 1. The van der Waals surface area contributed by atoms with E-state index in [9.17, 15) is 14.0 Å². The zero-order valence-corrected chi connectivity index (χ0v) is 17.1. The maximum Gasteiger partial charge on any atom is 0.271 e. The molecule has 4 rings (SSSR count). The summed E-state index contributed by atoms with van der Waals surface area (Å²) in [5.74, 6) is -1.45. The van der Waals surface area contributed by atoms with Crippen molar-refractivity contribution in [1.82, 2.24) is 14.7 Å². The first kappa shape index (κ1) is 20.8. The highest BCUT2D eigenvalue weighted by Crippen LogP contribution is 2.27. The average molecular weight is 444 g/mol. The van der Waals surface area contributed by atoms with E-state index in [0.29, 0.717) is 37.6 Å². The maximum absolute atomic E-state index is 14.3. The van der Waals surface area contributed by atoms with Crippen LogP contribution in [0.5, 0.6) is 0 Å². The van der Waals surface area contributed by atoms with Crippen molar-refractivity contribution in [3.8, 4) is 5.69 Å². The van der Waals surface area contributed by atoms with Gasteiger partial charge in [0.05, 0.1) is 30.1 Å². The molecule has 2 amide bonds. The van der Waals surface area contributed by atoms with Crippen LogP contribution < -0.4 is 11.1 Å². The van der Waals surface area contributed by atoms with Gasteiger partial charge in [0.1, 0.15) is 11.5 Å². The zero-order valence-electron chi connectivity index (χ0n) is 16.3. The third-order valence-electron chi connectivity index (χ3n) is 4.82. The lowest BCUT2D eigenvalue weighted by atomic mass is 10.1. The van der Waals surface area contributed by atoms with Crippen LogP contribution in [0, 0.1) is 5.82 Å². The average Bonchev–Trinajstić information content (AvgIpc) is 3.18. The van der Waals surface area contributed by atoms with Crippen LogP contribution in [-0.2, 0) is 4.74 Å². The minimum atomic E-state index is -0.784. The number of ether oxygens (including phenoxy) is 1. The van der Waals surface area contributed by atoms with Gasteiger partial charge in [-0.3, -0.25) is 9.59 Å². The van der Waals surface area contributed by atoms with E-state index >= 15 is 0 Å². The van der Waals surface area contributed by atoms with Gasteiger partial charge < -0.3 is 20.7 Å². The number of hydrogen-bond acceptors (Lipinski definition) is 5. The highest BCUT2D eigenvalue weighted by Gasteiger charge is 2.20. The molecular formula is C21H19ClFN5O3. The molecule has 0 bridgehead atoms. The van der Waals surface area contributed by atoms with Crippen LogP contribution >= 0.6 is 11.6 Å². The lowest BCUT2D eigenvalue weighted by Gasteiger charge is -2.26. The number of morpholine rings is 1. The quantitative estimate of drug-likeness (QED) is 0.631. The van der Waals surface area contributed by atoms with Crippen molar-refractivity contribution in [2.45, 2.75) is 0 Å². The molecule has 0 spiro atoms. The Hall–Kier alpha value is -3.43. The molecule has 1 aliphatic rings. The van der Waals surface area contributed by atoms with E-state index in [4.69, 9.17) is 22.1 Å². The molecule has 2 heterocycles. The summed E-state index contributed by atoms with van der Waals surface area (Å²) in [6, 6.07) is 11.0. The SMILES string of the molecule is NC(=O)c1nn(-c2c(F)cccc2Cl)cc1Nc1ccc(C(=O)N2CCOCC2)cc1. The molecule has 160 valence electrons. The second-order valence-electron chi connectivity index (χ2n) is 6.88. The lowest BCUT2D eigenvalue weighted by molar-refractivity contribution is 0.0303. The first-order valence-corrected chi connectivity index (χ1v) is 9.90. The molecule has 1 saturated heterocycles. The fourth-order valence-corrected chi connectivity index (χ4v) is 3.52. The zero-order chi connectivity index (χ0) is 22.0. The number of benzene rings is 2. The molecule has 0 radical (unpaired) electrons. The van der Waals surface area contributed by atoms with Gasteiger partial charge in [-0.15, -0.1) is 0 Å². The molecule has 10 heteroatoms. The fourth-order valence-electron chi connectivity index (χ4n) is 3.27. The van der Waals surface area contributed by atoms with E-state index in [0.717, 1.165) is 4.68 Å². The molecule has 0 aliphatic carbocycles. The Bertz CT molecular complexity index is 1110. The number of halogens is 2. The number of rotatable bonds is 5. The maximum atomic E-state index is 14.3. The molecule has 8 nitrogen and oxygen atoms in total. The molecule has 1 aromatic heterocycles.